The first-order valence-corrected chi connectivity index (χ1v) is 8.30. The lowest BCUT2D eigenvalue weighted by Gasteiger charge is -2.14. The molecule has 0 bridgehead atoms. The Labute approximate surface area is 154 Å². The number of rotatable bonds is 2. The van der Waals surface area contributed by atoms with Crippen molar-refractivity contribution >= 4 is 11.7 Å². The molecule has 1 aliphatic rings. The van der Waals surface area contributed by atoms with Crippen LogP contribution in [-0.4, -0.2) is 21.2 Å². The fraction of sp³-hybridized carbons (Fsp3) is 0.150. The summed E-state index contributed by atoms with van der Waals surface area (Å²) >= 11 is 0. The molecule has 7 heteroatoms. The molecule has 0 amide bonds. The van der Waals surface area contributed by atoms with E-state index >= 15 is 0 Å². The maximum absolute atomic E-state index is 14.5. The number of hydrogen-bond donors (Lipinski definition) is 0. The number of aromatic nitrogens is 2. The number of benzene rings is 2. The number of ether oxygens (including phenoxy) is 1. The third kappa shape index (κ3) is 2.91. The smallest absolute Gasteiger partial charge is 0.304 e. The number of aryl methyl sites for hydroxylation is 1. The Hall–Kier alpha value is -3.35. The summed E-state index contributed by atoms with van der Waals surface area (Å²) in [6, 6.07) is 10.3. The number of imidazole rings is 1. The molecule has 3 aromatic rings. The van der Waals surface area contributed by atoms with Gasteiger partial charge in [0.05, 0.1) is 11.4 Å². The van der Waals surface area contributed by atoms with Crippen molar-refractivity contribution in [3.05, 3.63) is 82.9 Å². The highest BCUT2D eigenvalue weighted by molar-refractivity contribution is 6.15. The lowest BCUT2D eigenvalue weighted by molar-refractivity contribution is -0.146. The zero-order chi connectivity index (χ0) is 19.1. The molecule has 1 aromatic heterocycles. The molecule has 0 saturated heterocycles. The van der Waals surface area contributed by atoms with Crippen molar-refractivity contribution in [1.82, 2.24) is 9.55 Å². The van der Waals surface area contributed by atoms with E-state index < -0.39 is 23.8 Å². The minimum Gasteiger partial charge on any atom is -0.432 e. The van der Waals surface area contributed by atoms with Crippen molar-refractivity contribution < 1.29 is 18.3 Å². The molecule has 2 heterocycles. The lowest BCUT2D eigenvalue weighted by atomic mass is 9.99. The normalized spacial score (nSPS) is 15.4. The minimum absolute atomic E-state index is 0.185. The molecular weight excluding hydrogens is 352 g/mol. The number of nitrogens with zero attached hydrogens (tertiary/aromatic N) is 3. The average Bonchev–Trinajstić information content (AvgIpc) is 2.94. The molecule has 0 saturated carbocycles. The Morgan fingerprint density at radius 2 is 1.93 bits per heavy atom. The maximum atomic E-state index is 14.5. The number of halogens is 2. The van der Waals surface area contributed by atoms with Crippen molar-refractivity contribution in [2.45, 2.75) is 20.1 Å². The van der Waals surface area contributed by atoms with Crippen LogP contribution in [0.4, 0.5) is 8.78 Å². The fourth-order valence-corrected chi connectivity index (χ4v) is 3.18. The highest BCUT2D eigenvalue weighted by Gasteiger charge is 2.30. The molecule has 0 fully saturated rings. The van der Waals surface area contributed by atoms with E-state index in [0.717, 1.165) is 5.69 Å². The van der Waals surface area contributed by atoms with Gasteiger partial charge in [-0.3, -0.25) is 9.36 Å². The molecule has 5 nitrogen and oxygen atoms in total. The van der Waals surface area contributed by atoms with Gasteiger partial charge in [-0.2, -0.15) is 0 Å². The molecule has 0 spiro atoms. The van der Waals surface area contributed by atoms with E-state index in [0.29, 0.717) is 17.1 Å². The van der Waals surface area contributed by atoms with Gasteiger partial charge in [-0.15, -0.1) is 0 Å². The lowest BCUT2D eigenvalue weighted by Crippen LogP contribution is -2.12. The summed E-state index contributed by atoms with van der Waals surface area (Å²) in [6.07, 6.45) is 0.532. The van der Waals surface area contributed by atoms with E-state index in [1.54, 1.807) is 35.0 Å². The van der Waals surface area contributed by atoms with Gasteiger partial charge in [0.1, 0.15) is 11.6 Å². The molecule has 1 unspecified atom stereocenters. The number of carbonyl (C=O) groups excluding carboxylic acids is 1. The topological polar surface area (TPSA) is 56.5 Å². The minimum atomic E-state index is -1.08. The summed E-state index contributed by atoms with van der Waals surface area (Å²) in [4.78, 5) is 20.4. The summed E-state index contributed by atoms with van der Waals surface area (Å²) in [5, 5.41) is 0. The number of fused-ring (bicyclic) bond motifs is 3. The molecule has 0 N–H and O–H groups in total. The van der Waals surface area contributed by atoms with E-state index in [4.69, 9.17) is 4.74 Å². The molecule has 136 valence electrons. The maximum Gasteiger partial charge on any atom is 0.304 e. The van der Waals surface area contributed by atoms with E-state index in [1.807, 2.05) is 6.92 Å². The van der Waals surface area contributed by atoms with Gasteiger partial charge < -0.3 is 4.74 Å². The van der Waals surface area contributed by atoms with E-state index in [1.165, 1.54) is 25.1 Å². The molecule has 0 radical (unpaired) electrons. The molecule has 2 aromatic carbocycles. The van der Waals surface area contributed by atoms with Crippen molar-refractivity contribution in [2.75, 3.05) is 0 Å². The second-order valence-corrected chi connectivity index (χ2v) is 6.17. The van der Waals surface area contributed by atoms with Crippen molar-refractivity contribution in [3.63, 3.8) is 0 Å². The van der Waals surface area contributed by atoms with E-state index in [-0.39, 0.29) is 11.3 Å². The third-order valence-corrected chi connectivity index (χ3v) is 4.29. The molecule has 1 aliphatic heterocycles. The van der Waals surface area contributed by atoms with Crippen LogP contribution < -0.4 is 0 Å². The fourth-order valence-electron chi connectivity index (χ4n) is 3.18. The second kappa shape index (κ2) is 6.42. The summed E-state index contributed by atoms with van der Waals surface area (Å²) in [5.41, 5.74) is 2.10. The standard InChI is InChI=1S/C20H15F2N3O2/c1-11-10-23-19-20(27-12(2)26)24-18(14-5-3-4-6-16(14)22)15-9-13(21)7-8-17(15)25(11)19/h3-10,20H,1-2H3. The second-order valence-electron chi connectivity index (χ2n) is 6.17. The van der Waals surface area contributed by atoms with Gasteiger partial charge in [-0.05, 0) is 37.3 Å². The third-order valence-electron chi connectivity index (χ3n) is 4.29. The Morgan fingerprint density at radius 3 is 2.67 bits per heavy atom. The first kappa shape index (κ1) is 17.1. The first-order chi connectivity index (χ1) is 13.0. The van der Waals surface area contributed by atoms with Crippen LogP contribution in [-0.2, 0) is 9.53 Å². The van der Waals surface area contributed by atoms with Crippen LogP contribution in [0, 0.1) is 18.6 Å². The van der Waals surface area contributed by atoms with Crippen LogP contribution in [0.5, 0.6) is 0 Å². The van der Waals surface area contributed by atoms with Gasteiger partial charge in [0.2, 0.25) is 0 Å². The highest BCUT2D eigenvalue weighted by atomic mass is 19.1. The van der Waals surface area contributed by atoms with Crippen molar-refractivity contribution in [1.29, 1.82) is 0 Å². The van der Waals surface area contributed by atoms with Gasteiger partial charge in [0.25, 0.3) is 6.23 Å². The summed E-state index contributed by atoms with van der Waals surface area (Å²) in [7, 11) is 0. The van der Waals surface area contributed by atoms with Crippen LogP contribution >= 0.6 is 0 Å². The average molecular weight is 367 g/mol. The summed E-state index contributed by atoms with van der Waals surface area (Å²) < 4.78 is 35.7. The van der Waals surface area contributed by atoms with E-state index in [2.05, 4.69) is 9.98 Å². The Bertz CT molecular complexity index is 1090. The molecule has 27 heavy (non-hydrogen) atoms. The Kier molecular flexibility index (Phi) is 4.07. The number of esters is 1. The zero-order valence-electron chi connectivity index (χ0n) is 14.6. The van der Waals surface area contributed by atoms with Crippen LogP contribution in [0.2, 0.25) is 0 Å². The van der Waals surface area contributed by atoms with E-state index in [9.17, 15) is 13.6 Å². The number of hydrogen-bond acceptors (Lipinski definition) is 4. The summed E-state index contributed by atoms with van der Waals surface area (Å²) in [5.74, 6) is -1.18. The molecular formula is C20H15F2N3O2. The van der Waals surface area contributed by atoms with Crippen LogP contribution in [0.15, 0.2) is 53.7 Å². The first-order valence-electron chi connectivity index (χ1n) is 8.30. The summed E-state index contributed by atoms with van der Waals surface area (Å²) in [6.45, 7) is 3.08. The molecule has 4 rings (SSSR count). The SMILES string of the molecule is CC(=O)OC1N=C(c2ccccc2F)c2cc(F)ccc2-n2c(C)cnc21. The molecule has 1 atom stereocenters. The van der Waals surface area contributed by atoms with Gasteiger partial charge >= 0.3 is 5.97 Å². The Balaban J connectivity index is 2.06. The quantitative estimate of drug-likeness (QED) is 0.646. The predicted molar refractivity (Wildman–Crippen MR) is 94.8 cm³/mol. The van der Waals surface area contributed by atoms with Gasteiger partial charge in [-0.1, -0.05) is 12.1 Å². The van der Waals surface area contributed by atoms with Gasteiger partial charge in [0.15, 0.2) is 5.82 Å². The number of aliphatic imine (C=N–C) groups is 1. The molecule has 0 aliphatic carbocycles. The largest absolute Gasteiger partial charge is 0.432 e. The van der Waals surface area contributed by atoms with Gasteiger partial charge in [0, 0.05) is 29.9 Å². The van der Waals surface area contributed by atoms with Crippen molar-refractivity contribution in [2.24, 2.45) is 4.99 Å². The van der Waals surface area contributed by atoms with Crippen LogP contribution in [0.1, 0.15) is 35.8 Å². The predicted octanol–water partition coefficient (Wildman–Crippen LogP) is 3.87. The zero-order valence-corrected chi connectivity index (χ0v) is 14.6. The Morgan fingerprint density at radius 1 is 1.15 bits per heavy atom. The monoisotopic (exact) mass is 367 g/mol. The number of carbonyl (C=O) groups is 1. The van der Waals surface area contributed by atoms with Gasteiger partial charge in [-0.25, -0.2) is 18.8 Å². The van der Waals surface area contributed by atoms with Crippen molar-refractivity contribution in [3.8, 4) is 5.69 Å². The van der Waals surface area contributed by atoms with Crippen LogP contribution in [0.3, 0.4) is 0 Å². The highest BCUT2D eigenvalue weighted by Crippen LogP contribution is 2.33. The van der Waals surface area contributed by atoms with Crippen LogP contribution in [0.25, 0.3) is 5.69 Å².